The van der Waals surface area contributed by atoms with E-state index in [1.54, 1.807) is 39.2 Å². The first-order chi connectivity index (χ1) is 14.3. The highest BCUT2D eigenvalue weighted by Gasteiger charge is 2.28. The van der Waals surface area contributed by atoms with Gasteiger partial charge in [-0.3, -0.25) is 14.5 Å². The van der Waals surface area contributed by atoms with E-state index in [2.05, 4.69) is 15.2 Å². The van der Waals surface area contributed by atoms with E-state index >= 15 is 0 Å². The molecule has 160 valence electrons. The summed E-state index contributed by atoms with van der Waals surface area (Å²) < 4.78 is 14.6. The fourth-order valence-electron chi connectivity index (χ4n) is 3.73. The number of nitrogens with one attached hydrogen (secondary N) is 1. The smallest absolute Gasteiger partial charge is 0.271 e. The minimum Gasteiger partial charge on any atom is -0.350 e. The molecule has 6 nitrogen and oxygen atoms in total. The van der Waals surface area contributed by atoms with Gasteiger partial charge in [-0.1, -0.05) is 17.7 Å². The fourth-order valence-corrected chi connectivity index (χ4v) is 4.02. The third kappa shape index (κ3) is 4.79. The van der Waals surface area contributed by atoms with Gasteiger partial charge in [0.1, 0.15) is 11.5 Å². The maximum Gasteiger partial charge on any atom is 0.271 e. The van der Waals surface area contributed by atoms with Crippen molar-refractivity contribution >= 4 is 23.4 Å². The number of pyridine rings is 1. The number of hydrogen-bond donors (Lipinski definition) is 1. The quantitative estimate of drug-likeness (QED) is 0.759. The Hall–Kier alpha value is -2.51. The van der Waals surface area contributed by atoms with Gasteiger partial charge in [0.25, 0.3) is 11.8 Å². The highest BCUT2D eigenvalue weighted by atomic mass is 35.5. The molecule has 1 aromatic heterocycles. The molecule has 1 aliphatic rings. The summed E-state index contributed by atoms with van der Waals surface area (Å²) in [7, 11) is 3.29. The number of nitrogens with zero attached hydrogens (tertiary/aromatic N) is 3. The summed E-state index contributed by atoms with van der Waals surface area (Å²) in [6, 6.07) is 7.41. The van der Waals surface area contributed by atoms with Crippen LogP contribution in [0.4, 0.5) is 4.39 Å². The number of halogens is 2. The van der Waals surface area contributed by atoms with Crippen LogP contribution in [0.5, 0.6) is 0 Å². The highest BCUT2D eigenvalue weighted by Crippen LogP contribution is 2.32. The Morgan fingerprint density at radius 3 is 2.53 bits per heavy atom. The van der Waals surface area contributed by atoms with E-state index in [0.717, 1.165) is 25.9 Å². The lowest BCUT2D eigenvalue weighted by Crippen LogP contribution is -2.37. The van der Waals surface area contributed by atoms with Crippen LogP contribution in [0.15, 0.2) is 30.3 Å². The van der Waals surface area contributed by atoms with Crippen molar-refractivity contribution in [2.75, 3.05) is 33.7 Å². The van der Waals surface area contributed by atoms with Crippen LogP contribution in [-0.2, 0) is 0 Å². The van der Waals surface area contributed by atoms with E-state index in [1.807, 2.05) is 0 Å². The predicted molar refractivity (Wildman–Crippen MR) is 114 cm³/mol. The van der Waals surface area contributed by atoms with Crippen LogP contribution in [0, 0.1) is 12.7 Å². The van der Waals surface area contributed by atoms with E-state index in [1.165, 1.54) is 17.0 Å². The van der Waals surface area contributed by atoms with Gasteiger partial charge in [-0.05, 0) is 57.1 Å². The summed E-state index contributed by atoms with van der Waals surface area (Å²) in [5.41, 5.74) is 1.53. The molecule has 2 heterocycles. The zero-order valence-corrected chi connectivity index (χ0v) is 18.2. The van der Waals surface area contributed by atoms with Crippen molar-refractivity contribution in [3.05, 3.63) is 63.7 Å². The van der Waals surface area contributed by atoms with Gasteiger partial charge in [0, 0.05) is 31.2 Å². The molecule has 1 fully saturated rings. The molecular weight excluding hydrogens is 407 g/mol. The topological polar surface area (TPSA) is 65.5 Å². The lowest BCUT2D eigenvalue weighted by Gasteiger charge is -2.29. The highest BCUT2D eigenvalue weighted by molar-refractivity contribution is 6.31. The van der Waals surface area contributed by atoms with E-state index in [4.69, 9.17) is 11.6 Å². The van der Waals surface area contributed by atoms with Crippen molar-refractivity contribution in [2.24, 2.45) is 0 Å². The largest absolute Gasteiger partial charge is 0.350 e. The first-order valence-corrected chi connectivity index (χ1v) is 10.3. The summed E-state index contributed by atoms with van der Waals surface area (Å²) >= 11 is 6.31. The summed E-state index contributed by atoms with van der Waals surface area (Å²) in [4.78, 5) is 32.7. The molecule has 0 radical (unpaired) electrons. The monoisotopic (exact) mass is 432 g/mol. The number of aryl methyl sites for hydroxylation is 1. The minimum atomic E-state index is -0.377. The molecule has 0 aliphatic carbocycles. The molecule has 1 aliphatic heterocycles. The van der Waals surface area contributed by atoms with Crippen LogP contribution < -0.4 is 5.32 Å². The molecule has 1 atom stereocenters. The maximum absolute atomic E-state index is 14.6. The molecular formula is C22H26ClFN4O2. The molecule has 0 spiro atoms. The molecule has 1 N–H and O–H groups in total. The van der Waals surface area contributed by atoms with Gasteiger partial charge in [0.15, 0.2) is 0 Å². The van der Waals surface area contributed by atoms with Crippen LogP contribution in [0.1, 0.15) is 51.0 Å². The SMILES string of the molecule is Cc1nc(C(=O)N(C)C)ccc1C(=O)NCC(c1c(F)cccc1Cl)N1CCCC1. The molecule has 2 aromatic rings. The second-order valence-corrected chi connectivity index (χ2v) is 8.04. The van der Waals surface area contributed by atoms with Crippen molar-refractivity contribution in [2.45, 2.75) is 25.8 Å². The van der Waals surface area contributed by atoms with Crippen LogP contribution in [-0.4, -0.2) is 60.3 Å². The van der Waals surface area contributed by atoms with Gasteiger partial charge in [-0.25, -0.2) is 9.37 Å². The molecule has 1 unspecified atom stereocenters. The molecule has 0 bridgehead atoms. The molecule has 1 saturated heterocycles. The normalized spacial score (nSPS) is 15.1. The second-order valence-electron chi connectivity index (χ2n) is 7.63. The number of rotatable bonds is 6. The van der Waals surface area contributed by atoms with Gasteiger partial charge < -0.3 is 10.2 Å². The Morgan fingerprint density at radius 2 is 1.93 bits per heavy atom. The van der Waals surface area contributed by atoms with Gasteiger partial charge >= 0.3 is 0 Å². The maximum atomic E-state index is 14.6. The Labute approximate surface area is 181 Å². The lowest BCUT2D eigenvalue weighted by atomic mass is 10.0. The third-order valence-corrected chi connectivity index (χ3v) is 5.66. The third-order valence-electron chi connectivity index (χ3n) is 5.33. The van der Waals surface area contributed by atoms with Crippen LogP contribution in [0.2, 0.25) is 5.02 Å². The molecule has 2 amide bonds. The summed E-state index contributed by atoms with van der Waals surface area (Å²) in [6.45, 7) is 3.56. The Balaban J connectivity index is 1.79. The van der Waals surface area contributed by atoms with Gasteiger partial charge in [0.2, 0.25) is 0 Å². The number of benzene rings is 1. The van der Waals surface area contributed by atoms with Gasteiger partial charge in [-0.15, -0.1) is 0 Å². The first kappa shape index (κ1) is 22.2. The minimum absolute atomic E-state index is 0.220. The standard InChI is InChI=1S/C22H26ClFN4O2/c1-14-15(9-10-18(26-14)22(30)27(2)3)21(29)25-13-19(28-11-4-5-12-28)20-16(23)7-6-8-17(20)24/h6-10,19H,4-5,11-13H2,1-3H3,(H,25,29). The molecule has 0 saturated carbocycles. The average molecular weight is 433 g/mol. The number of likely N-dealkylation sites (tertiary alicyclic amines) is 1. The van der Waals surface area contributed by atoms with Crippen LogP contribution >= 0.6 is 11.6 Å². The zero-order chi connectivity index (χ0) is 21.8. The fraction of sp³-hybridized carbons (Fsp3) is 0.409. The van der Waals surface area contributed by atoms with E-state index < -0.39 is 0 Å². The Morgan fingerprint density at radius 1 is 1.23 bits per heavy atom. The van der Waals surface area contributed by atoms with E-state index in [9.17, 15) is 14.0 Å². The van der Waals surface area contributed by atoms with Crippen molar-refractivity contribution in [3.8, 4) is 0 Å². The van der Waals surface area contributed by atoms with Crippen molar-refractivity contribution < 1.29 is 14.0 Å². The van der Waals surface area contributed by atoms with Gasteiger partial charge in [-0.2, -0.15) is 0 Å². The number of amides is 2. The summed E-state index contributed by atoms with van der Waals surface area (Å²) in [5.74, 6) is -0.924. The Kier molecular flexibility index (Phi) is 7.05. The number of hydrogen-bond acceptors (Lipinski definition) is 4. The number of carbonyl (C=O) groups is 2. The molecule has 1 aromatic carbocycles. The summed E-state index contributed by atoms with van der Waals surface area (Å²) in [5, 5.41) is 3.25. The van der Waals surface area contributed by atoms with Crippen molar-refractivity contribution in [3.63, 3.8) is 0 Å². The second kappa shape index (κ2) is 9.53. The van der Waals surface area contributed by atoms with Crippen molar-refractivity contribution in [1.29, 1.82) is 0 Å². The number of aromatic nitrogens is 1. The predicted octanol–water partition coefficient (Wildman–Crippen LogP) is 3.45. The zero-order valence-electron chi connectivity index (χ0n) is 17.4. The van der Waals surface area contributed by atoms with E-state index in [-0.39, 0.29) is 35.9 Å². The van der Waals surface area contributed by atoms with E-state index in [0.29, 0.717) is 21.8 Å². The first-order valence-electron chi connectivity index (χ1n) is 9.95. The Bertz CT molecular complexity index is 924. The van der Waals surface area contributed by atoms with Crippen LogP contribution in [0.3, 0.4) is 0 Å². The molecule has 3 rings (SSSR count). The molecule has 30 heavy (non-hydrogen) atoms. The lowest BCUT2D eigenvalue weighted by molar-refractivity contribution is 0.0820. The van der Waals surface area contributed by atoms with Crippen molar-refractivity contribution in [1.82, 2.24) is 20.1 Å². The van der Waals surface area contributed by atoms with Crippen LogP contribution in [0.25, 0.3) is 0 Å². The van der Waals surface area contributed by atoms with Gasteiger partial charge in [0.05, 0.1) is 17.3 Å². The number of carbonyl (C=O) groups excluding carboxylic acids is 2. The molecule has 8 heteroatoms. The average Bonchev–Trinajstić information content (AvgIpc) is 3.23. The summed E-state index contributed by atoms with van der Waals surface area (Å²) in [6.07, 6.45) is 2.06.